The summed E-state index contributed by atoms with van der Waals surface area (Å²) in [6.07, 6.45) is 4.14. The average Bonchev–Trinajstić information content (AvgIpc) is 3.52. The Bertz CT molecular complexity index is 1180. The van der Waals surface area contributed by atoms with Crippen LogP contribution in [0.5, 0.6) is 0 Å². The molecule has 2 aliphatic rings. The van der Waals surface area contributed by atoms with Crippen molar-refractivity contribution < 1.29 is 14.3 Å². The number of thioether (sulfide) groups is 1. The predicted octanol–water partition coefficient (Wildman–Crippen LogP) is 1.79. The highest BCUT2D eigenvalue weighted by atomic mass is 32.2. The Morgan fingerprint density at radius 3 is 2.91 bits per heavy atom. The van der Waals surface area contributed by atoms with Crippen LogP contribution in [0.3, 0.4) is 0 Å². The second kappa shape index (κ2) is 9.82. The molecule has 11 heteroatoms. The van der Waals surface area contributed by atoms with Crippen LogP contribution < -0.4 is 15.5 Å². The summed E-state index contributed by atoms with van der Waals surface area (Å²) in [5.74, 6) is 0.480. The van der Waals surface area contributed by atoms with Crippen LogP contribution in [0.15, 0.2) is 53.8 Å². The number of fused-ring (bicyclic) bond motifs is 1. The Kier molecular flexibility index (Phi) is 6.45. The summed E-state index contributed by atoms with van der Waals surface area (Å²) in [4.78, 5) is 36.9. The van der Waals surface area contributed by atoms with Crippen LogP contribution in [0.2, 0.25) is 0 Å². The Morgan fingerprint density at radius 2 is 2.12 bits per heavy atom. The van der Waals surface area contributed by atoms with Gasteiger partial charge in [0.15, 0.2) is 0 Å². The van der Waals surface area contributed by atoms with E-state index in [0.29, 0.717) is 24.6 Å². The molecule has 0 saturated carbocycles. The van der Waals surface area contributed by atoms with Crippen molar-refractivity contribution >= 4 is 35.1 Å². The molecule has 0 bridgehead atoms. The molecule has 1 saturated heterocycles. The lowest BCUT2D eigenvalue weighted by atomic mass is 10.2. The number of hydrogen-bond donors (Lipinski definition) is 2. The molecular formula is C23H25N7O3S. The minimum absolute atomic E-state index is 0.0325. The summed E-state index contributed by atoms with van der Waals surface area (Å²) in [6, 6.07) is 11.3. The van der Waals surface area contributed by atoms with E-state index in [0.717, 1.165) is 29.3 Å². The van der Waals surface area contributed by atoms with Crippen molar-refractivity contribution in [1.82, 2.24) is 25.1 Å². The van der Waals surface area contributed by atoms with E-state index in [9.17, 15) is 9.59 Å². The lowest BCUT2D eigenvalue weighted by Crippen LogP contribution is -2.48. The Labute approximate surface area is 201 Å². The fourth-order valence-electron chi connectivity index (χ4n) is 3.90. The van der Waals surface area contributed by atoms with Crippen molar-refractivity contribution in [2.24, 2.45) is 0 Å². The monoisotopic (exact) mass is 479 g/mol. The second-order valence-electron chi connectivity index (χ2n) is 8.23. The zero-order chi connectivity index (χ0) is 23.5. The molecule has 0 unspecified atom stereocenters. The first-order chi connectivity index (χ1) is 16.6. The van der Waals surface area contributed by atoms with Gasteiger partial charge in [0.25, 0.3) is 5.91 Å². The topological polar surface area (TPSA) is 114 Å². The predicted molar refractivity (Wildman–Crippen MR) is 128 cm³/mol. The van der Waals surface area contributed by atoms with Crippen LogP contribution in [0.25, 0.3) is 0 Å². The van der Waals surface area contributed by atoms with Crippen molar-refractivity contribution in [3.8, 4) is 0 Å². The van der Waals surface area contributed by atoms with Gasteiger partial charge in [-0.15, -0.1) is 16.9 Å². The Balaban J connectivity index is 1.25. The number of rotatable bonds is 6. The van der Waals surface area contributed by atoms with Gasteiger partial charge in [-0.3, -0.25) is 9.59 Å². The summed E-state index contributed by atoms with van der Waals surface area (Å²) in [7, 11) is 1.69. The summed E-state index contributed by atoms with van der Waals surface area (Å²) >= 11 is 1.51. The van der Waals surface area contributed by atoms with Crippen molar-refractivity contribution in [2.75, 3.05) is 36.2 Å². The van der Waals surface area contributed by atoms with E-state index >= 15 is 0 Å². The summed E-state index contributed by atoms with van der Waals surface area (Å²) < 4.78 is 7.01. The number of hydrogen-bond acceptors (Lipinski definition) is 8. The van der Waals surface area contributed by atoms with Gasteiger partial charge in [-0.1, -0.05) is 30.3 Å². The third-order valence-corrected chi connectivity index (χ3v) is 6.89. The van der Waals surface area contributed by atoms with E-state index in [4.69, 9.17) is 4.74 Å². The SMILES string of the molecule is CN1C(=O)[C@@H](NC(=O)c2ncn(Cc3ccccc3)n2)CSc2cc(N[C@@H]3CCOC3)ncc21. The maximum absolute atomic E-state index is 13.1. The molecule has 3 aromatic rings. The molecule has 0 spiro atoms. The van der Waals surface area contributed by atoms with Crippen LogP contribution in [-0.4, -0.2) is 69.7 Å². The molecule has 1 fully saturated rings. The van der Waals surface area contributed by atoms with Crippen molar-refractivity contribution in [1.29, 1.82) is 0 Å². The molecule has 2 amide bonds. The molecule has 1 aromatic carbocycles. The highest BCUT2D eigenvalue weighted by Crippen LogP contribution is 2.35. The largest absolute Gasteiger partial charge is 0.379 e. The Morgan fingerprint density at radius 1 is 1.26 bits per heavy atom. The van der Waals surface area contributed by atoms with Crippen LogP contribution in [0.4, 0.5) is 11.5 Å². The number of anilines is 2. The zero-order valence-electron chi connectivity index (χ0n) is 18.7. The number of ether oxygens (including phenoxy) is 1. The maximum atomic E-state index is 13.1. The van der Waals surface area contributed by atoms with E-state index < -0.39 is 11.9 Å². The number of carbonyl (C=O) groups excluding carboxylic acids is 2. The van der Waals surface area contributed by atoms with Gasteiger partial charge in [-0.2, -0.15) is 0 Å². The molecule has 2 aromatic heterocycles. The number of pyridine rings is 1. The highest BCUT2D eigenvalue weighted by molar-refractivity contribution is 7.99. The average molecular weight is 480 g/mol. The van der Waals surface area contributed by atoms with Crippen LogP contribution in [0.1, 0.15) is 22.6 Å². The first-order valence-corrected chi connectivity index (χ1v) is 12.0. The number of nitrogens with zero attached hydrogens (tertiary/aromatic N) is 5. The quantitative estimate of drug-likeness (QED) is 0.550. The Hall–Kier alpha value is -3.44. The molecule has 176 valence electrons. The third kappa shape index (κ3) is 4.90. The van der Waals surface area contributed by atoms with Gasteiger partial charge in [0.05, 0.1) is 31.1 Å². The van der Waals surface area contributed by atoms with Gasteiger partial charge >= 0.3 is 0 Å². The minimum atomic E-state index is -0.712. The highest BCUT2D eigenvalue weighted by Gasteiger charge is 2.31. The molecule has 10 nitrogen and oxygen atoms in total. The molecular weight excluding hydrogens is 454 g/mol. The molecule has 2 aliphatic heterocycles. The van der Waals surface area contributed by atoms with E-state index in [-0.39, 0.29) is 17.8 Å². The molecule has 4 heterocycles. The first-order valence-electron chi connectivity index (χ1n) is 11.1. The number of carbonyl (C=O) groups is 2. The van der Waals surface area contributed by atoms with Gasteiger partial charge in [0.1, 0.15) is 18.2 Å². The zero-order valence-corrected chi connectivity index (χ0v) is 19.5. The van der Waals surface area contributed by atoms with Crippen LogP contribution in [0, 0.1) is 0 Å². The molecule has 2 atom stereocenters. The van der Waals surface area contributed by atoms with E-state index in [2.05, 4.69) is 25.7 Å². The van der Waals surface area contributed by atoms with Crippen LogP contribution >= 0.6 is 11.8 Å². The second-order valence-corrected chi connectivity index (χ2v) is 9.29. The molecule has 34 heavy (non-hydrogen) atoms. The van der Waals surface area contributed by atoms with E-state index in [1.165, 1.54) is 23.0 Å². The van der Waals surface area contributed by atoms with Gasteiger partial charge in [0.2, 0.25) is 11.7 Å². The first kappa shape index (κ1) is 22.4. The smallest absolute Gasteiger partial charge is 0.291 e. The lowest BCUT2D eigenvalue weighted by molar-refractivity contribution is -0.119. The van der Waals surface area contributed by atoms with Gasteiger partial charge in [0, 0.05) is 24.3 Å². The maximum Gasteiger partial charge on any atom is 0.291 e. The number of amides is 2. The number of likely N-dealkylation sites (N-methyl/N-ethyl adjacent to an activating group) is 1. The molecule has 0 radical (unpaired) electrons. The van der Waals surface area contributed by atoms with Crippen molar-refractivity contribution in [2.45, 2.75) is 29.9 Å². The molecule has 2 N–H and O–H groups in total. The standard InChI is InChI=1S/C23H25N7O3S/c1-29-18-10-24-20(26-16-7-8-33-12-16)9-19(18)34-13-17(23(29)32)27-22(31)21-25-14-30(28-21)11-15-5-3-2-4-6-15/h2-6,9-10,14,16-17H,7-8,11-13H2,1H3,(H,24,26)(H,27,31)/t16-,17+/m1/s1. The lowest BCUT2D eigenvalue weighted by Gasteiger charge is -2.21. The number of aromatic nitrogens is 4. The van der Waals surface area contributed by atoms with Crippen molar-refractivity contribution in [3.05, 3.63) is 60.3 Å². The summed E-state index contributed by atoms with van der Waals surface area (Å²) in [6.45, 7) is 1.91. The van der Waals surface area contributed by atoms with Crippen LogP contribution in [-0.2, 0) is 16.1 Å². The number of benzene rings is 1. The minimum Gasteiger partial charge on any atom is -0.379 e. The fraction of sp³-hybridized carbons (Fsp3) is 0.348. The number of nitrogens with one attached hydrogen (secondary N) is 2. The van der Waals surface area contributed by atoms with E-state index in [1.54, 1.807) is 17.9 Å². The fourth-order valence-corrected chi connectivity index (χ4v) is 5.01. The molecule has 0 aliphatic carbocycles. The third-order valence-electron chi connectivity index (χ3n) is 5.76. The van der Waals surface area contributed by atoms with Gasteiger partial charge in [-0.25, -0.2) is 14.6 Å². The summed E-state index contributed by atoms with van der Waals surface area (Å²) in [5, 5.41) is 10.5. The molecule has 5 rings (SSSR count). The summed E-state index contributed by atoms with van der Waals surface area (Å²) in [5.41, 5.74) is 1.77. The normalized spacial score (nSPS) is 20.0. The van der Waals surface area contributed by atoms with E-state index in [1.807, 2.05) is 36.4 Å². The van der Waals surface area contributed by atoms with Gasteiger partial charge < -0.3 is 20.3 Å². The van der Waals surface area contributed by atoms with Gasteiger partial charge in [-0.05, 0) is 18.1 Å². The van der Waals surface area contributed by atoms with Crippen molar-refractivity contribution in [3.63, 3.8) is 0 Å².